The molecule has 9 heteroatoms. The van der Waals surface area contributed by atoms with Gasteiger partial charge >= 0.3 is 12.1 Å². The minimum atomic E-state index is -4.51. The van der Waals surface area contributed by atoms with Gasteiger partial charge in [0.1, 0.15) is 0 Å². The third kappa shape index (κ3) is 3.85. The molecule has 1 aliphatic rings. The molecule has 0 atom stereocenters. The molecule has 0 amide bonds. The van der Waals surface area contributed by atoms with Crippen molar-refractivity contribution >= 4 is 34.3 Å². The van der Waals surface area contributed by atoms with Crippen molar-refractivity contribution in [2.75, 3.05) is 23.3 Å². The number of carboxylic acids is 1. The van der Waals surface area contributed by atoms with Crippen LogP contribution in [-0.2, 0) is 6.18 Å². The number of nitrogens with zero attached hydrogens (tertiary/aromatic N) is 2. The van der Waals surface area contributed by atoms with Crippen molar-refractivity contribution in [3.8, 4) is 0 Å². The Bertz CT molecular complexity index is 1060. The van der Waals surface area contributed by atoms with Crippen molar-refractivity contribution in [1.29, 1.82) is 0 Å². The van der Waals surface area contributed by atoms with Crippen LogP contribution < -0.4 is 10.2 Å². The first kappa shape index (κ1) is 19.1. The Morgan fingerprint density at radius 3 is 2.55 bits per heavy atom. The molecule has 0 aliphatic carbocycles. The summed E-state index contributed by atoms with van der Waals surface area (Å²) in [5, 5.41) is 12.3. The Kier molecular flexibility index (Phi) is 4.81. The van der Waals surface area contributed by atoms with Crippen LogP contribution >= 0.6 is 0 Å². The lowest BCUT2D eigenvalue weighted by Crippen LogP contribution is -2.30. The number of aromatic amines is 1. The normalized spacial score (nSPS) is 14.9. The molecule has 0 unspecified atom stereocenters. The molecule has 0 radical (unpaired) electrons. The summed E-state index contributed by atoms with van der Waals surface area (Å²) in [5.74, 6) is -0.942. The quantitative estimate of drug-likeness (QED) is 0.569. The maximum atomic E-state index is 13.2. The Morgan fingerprint density at radius 1 is 1.14 bits per heavy atom. The van der Waals surface area contributed by atoms with E-state index >= 15 is 0 Å². The van der Waals surface area contributed by atoms with E-state index in [2.05, 4.69) is 15.3 Å². The Morgan fingerprint density at radius 2 is 1.86 bits per heavy atom. The Balaban J connectivity index is 1.72. The van der Waals surface area contributed by atoms with Gasteiger partial charge in [0.15, 0.2) is 0 Å². The number of halogens is 3. The first-order valence-corrected chi connectivity index (χ1v) is 9.28. The maximum Gasteiger partial charge on any atom is 0.418 e. The lowest BCUT2D eigenvalue weighted by Gasteiger charge is -2.29. The highest BCUT2D eigenvalue weighted by molar-refractivity contribution is 6.00. The van der Waals surface area contributed by atoms with E-state index in [0.29, 0.717) is 16.7 Å². The second-order valence-corrected chi connectivity index (χ2v) is 6.99. The van der Waals surface area contributed by atoms with Crippen molar-refractivity contribution in [1.82, 2.24) is 9.97 Å². The van der Waals surface area contributed by atoms with Gasteiger partial charge in [-0.3, -0.25) is 0 Å². The molecule has 3 aromatic rings. The van der Waals surface area contributed by atoms with E-state index in [1.165, 1.54) is 24.3 Å². The molecular formula is C20H19F3N4O2. The predicted molar refractivity (Wildman–Crippen MR) is 104 cm³/mol. The van der Waals surface area contributed by atoms with E-state index in [1.807, 2.05) is 4.90 Å². The fourth-order valence-electron chi connectivity index (χ4n) is 3.64. The number of nitrogens with one attached hydrogen (secondary N) is 2. The number of carbonyl (C=O) groups is 1. The number of imidazole rings is 1. The molecule has 1 aliphatic heterocycles. The zero-order chi connectivity index (χ0) is 20.6. The summed E-state index contributed by atoms with van der Waals surface area (Å²) in [4.78, 5) is 21.0. The Labute approximate surface area is 164 Å². The topological polar surface area (TPSA) is 81.2 Å². The van der Waals surface area contributed by atoms with Crippen LogP contribution in [0.2, 0.25) is 0 Å². The van der Waals surface area contributed by atoms with Crippen molar-refractivity contribution in [2.45, 2.75) is 25.4 Å². The number of aromatic carboxylic acids is 1. The fraction of sp³-hybridized carbons (Fsp3) is 0.300. The summed E-state index contributed by atoms with van der Waals surface area (Å²) >= 11 is 0. The number of hydrogen-bond donors (Lipinski definition) is 3. The minimum absolute atomic E-state index is 0.115. The summed E-state index contributed by atoms with van der Waals surface area (Å²) in [7, 11) is 0. The smallest absolute Gasteiger partial charge is 0.418 e. The van der Waals surface area contributed by atoms with Crippen LogP contribution in [-0.4, -0.2) is 34.1 Å². The second-order valence-electron chi connectivity index (χ2n) is 6.99. The number of aromatic nitrogens is 2. The summed E-state index contributed by atoms with van der Waals surface area (Å²) < 4.78 is 39.6. The van der Waals surface area contributed by atoms with E-state index in [-0.39, 0.29) is 17.2 Å². The average Bonchev–Trinajstić information content (AvgIpc) is 3.08. The molecule has 1 aromatic heterocycles. The molecule has 1 saturated heterocycles. The fourth-order valence-corrected chi connectivity index (χ4v) is 3.64. The van der Waals surface area contributed by atoms with Crippen LogP contribution in [0.1, 0.15) is 35.2 Å². The number of anilines is 3. The van der Waals surface area contributed by atoms with Crippen molar-refractivity contribution in [3.05, 3.63) is 47.5 Å². The number of carboxylic acid groups (broad SMARTS) is 1. The van der Waals surface area contributed by atoms with Crippen LogP contribution in [0.3, 0.4) is 0 Å². The van der Waals surface area contributed by atoms with Gasteiger partial charge in [0.25, 0.3) is 0 Å². The summed E-state index contributed by atoms with van der Waals surface area (Å²) in [5.41, 5.74) is 0.718. The van der Waals surface area contributed by atoms with Crippen LogP contribution in [0, 0.1) is 0 Å². The molecule has 4 rings (SSSR count). The first-order chi connectivity index (χ1) is 13.8. The zero-order valence-electron chi connectivity index (χ0n) is 15.4. The third-order valence-electron chi connectivity index (χ3n) is 5.01. The number of para-hydroxylation sites is 1. The van der Waals surface area contributed by atoms with Gasteiger partial charge in [0.05, 0.1) is 33.5 Å². The lowest BCUT2D eigenvalue weighted by atomic mass is 10.1. The highest BCUT2D eigenvalue weighted by Gasteiger charge is 2.33. The Hall–Kier alpha value is -3.23. The van der Waals surface area contributed by atoms with Gasteiger partial charge < -0.3 is 20.3 Å². The van der Waals surface area contributed by atoms with E-state index in [4.69, 9.17) is 0 Å². The molecule has 2 heterocycles. The van der Waals surface area contributed by atoms with Crippen LogP contribution in [0.25, 0.3) is 11.0 Å². The molecule has 29 heavy (non-hydrogen) atoms. The summed E-state index contributed by atoms with van der Waals surface area (Å²) in [6.07, 6.45) is -1.43. The van der Waals surface area contributed by atoms with E-state index in [1.54, 1.807) is 6.07 Å². The number of fused-ring (bicyclic) bond motifs is 1. The van der Waals surface area contributed by atoms with E-state index in [9.17, 15) is 23.1 Å². The number of H-pyrrole nitrogens is 1. The number of rotatable bonds is 4. The first-order valence-electron chi connectivity index (χ1n) is 9.28. The maximum absolute atomic E-state index is 13.2. The molecule has 0 saturated carbocycles. The highest BCUT2D eigenvalue weighted by atomic mass is 19.4. The predicted octanol–water partition coefficient (Wildman–Crippen LogP) is 5.01. The molecule has 2 aromatic carbocycles. The number of alkyl halides is 3. The van der Waals surface area contributed by atoms with Gasteiger partial charge in [-0.25, -0.2) is 9.78 Å². The number of piperidine rings is 1. The summed E-state index contributed by atoms with van der Waals surface area (Å²) in [6, 6.07) is 8.28. The van der Waals surface area contributed by atoms with E-state index < -0.39 is 17.7 Å². The summed E-state index contributed by atoms with van der Waals surface area (Å²) in [6.45, 7) is 1.53. The SMILES string of the molecule is O=C(O)c1cc2[nH]c(Nc3ccccc3C(F)(F)F)nc2cc1N1CCCCC1. The van der Waals surface area contributed by atoms with Crippen LogP contribution in [0.5, 0.6) is 0 Å². The van der Waals surface area contributed by atoms with Crippen LogP contribution in [0.15, 0.2) is 36.4 Å². The molecule has 0 spiro atoms. The van der Waals surface area contributed by atoms with Gasteiger partial charge in [-0.1, -0.05) is 12.1 Å². The number of benzene rings is 2. The highest BCUT2D eigenvalue weighted by Crippen LogP contribution is 2.36. The van der Waals surface area contributed by atoms with Gasteiger partial charge in [-0.15, -0.1) is 0 Å². The molecule has 1 fully saturated rings. The molecule has 3 N–H and O–H groups in total. The van der Waals surface area contributed by atoms with Gasteiger partial charge in [-0.05, 0) is 43.5 Å². The monoisotopic (exact) mass is 404 g/mol. The second kappa shape index (κ2) is 7.31. The largest absolute Gasteiger partial charge is 0.478 e. The number of hydrogen-bond acceptors (Lipinski definition) is 4. The van der Waals surface area contributed by atoms with E-state index in [0.717, 1.165) is 38.4 Å². The van der Waals surface area contributed by atoms with Gasteiger partial charge in [0.2, 0.25) is 5.95 Å². The molecule has 0 bridgehead atoms. The molecular weight excluding hydrogens is 385 g/mol. The average molecular weight is 404 g/mol. The van der Waals surface area contributed by atoms with Crippen molar-refractivity contribution in [2.24, 2.45) is 0 Å². The molecule has 6 nitrogen and oxygen atoms in total. The third-order valence-corrected chi connectivity index (χ3v) is 5.01. The van der Waals surface area contributed by atoms with Gasteiger partial charge in [0, 0.05) is 13.1 Å². The van der Waals surface area contributed by atoms with Gasteiger partial charge in [-0.2, -0.15) is 13.2 Å². The molecule has 152 valence electrons. The van der Waals surface area contributed by atoms with Crippen molar-refractivity contribution in [3.63, 3.8) is 0 Å². The van der Waals surface area contributed by atoms with Crippen molar-refractivity contribution < 1.29 is 23.1 Å². The lowest BCUT2D eigenvalue weighted by molar-refractivity contribution is -0.136. The standard InChI is InChI=1S/C20H19F3N4O2/c21-20(22,23)13-6-2-3-7-14(13)24-19-25-15-10-12(18(28)29)17(11-16(15)26-19)27-8-4-1-5-9-27/h2-3,6-7,10-11H,1,4-5,8-9H2,(H,28,29)(H2,24,25,26). The zero-order valence-corrected chi connectivity index (χ0v) is 15.4. The minimum Gasteiger partial charge on any atom is -0.478 e. The van der Waals surface area contributed by atoms with Crippen LogP contribution in [0.4, 0.5) is 30.5 Å².